The van der Waals surface area contributed by atoms with E-state index in [4.69, 9.17) is 34.8 Å². The number of nitrogens with one attached hydrogen (secondary N) is 1. The minimum absolute atomic E-state index is 0.201. The summed E-state index contributed by atoms with van der Waals surface area (Å²) in [6.07, 6.45) is 0. The Morgan fingerprint density at radius 2 is 1.89 bits per heavy atom. The number of rotatable bonds is 3. The number of likely N-dealkylation sites (tertiary alicyclic amines) is 1. The number of aliphatic hydroxyl groups is 1. The molecular formula is C12H13Cl3N2O2. The number of carbonyl (C=O) groups excluding carboxylic acids is 1. The van der Waals surface area contributed by atoms with Gasteiger partial charge < -0.3 is 10.4 Å². The van der Waals surface area contributed by atoms with Gasteiger partial charge in [0.05, 0.1) is 32.9 Å². The lowest BCUT2D eigenvalue weighted by molar-refractivity contribution is -0.125. The van der Waals surface area contributed by atoms with Crippen molar-refractivity contribution in [1.29, 1.82) is 0 Å². The molecule has 1 heterocycles. The van der Waals surface area contributed by atoms with Crippen LogP contribution in [0.2, 0.25) is 15.1 Å². The second kappa shape index (κ2) is 5.46. The number of carbonyl (C=O) groups is 1. The van der Waals surface area contributed by atoms with Crippen LogP contribution in [0.4, 0.5) is 5.69 Å². The van der Waals surface area contributed by atoms with Gasteiger partial charge in [-0.1, -0.05) is 34.8 Å². The molecule has 1 aliphatic rings. The second-order valence-electron chi connectivity index (χ2n) is 4.94. The fourth-order valence-corrected chi connectivity index (χ4v) is 2.63. The van der Waals surface area contributed by atoms with Crippen molar-refractivity contribution in [3.63, 3.8) is 0 Å². The van der Waals surface area contributed by atoms with E-state index < -0.39 is 5.60 Å². The summed E-state index contributed by atoms with van der Waals surface area (Å²) in [5.41, 5.74) is -0.269. The molecule has 0 bridgehead atoms. The molecule has 0 radical (unpaired) electrons. The molecule has 0 aromatic heterocycles. The largest absolute Gasteiger partial charge is 0.388 e. The third-order valence-corrected chi connectivity index (χ3v) is 3.81. The molecular weight excluding hydrogens is 311 g/mol. The number of anilines is 1. The van der Waals surface area contributed by atoms with Gasteiger partial charge in [-0.3, -0.25) is 9.69 Å². The molecule has 1 aliphatic heterocycles. The zero-order valence-corrected chi connectivity index (χ0v) is 12.5. The molecule has 1 fully saturated rings. The van der Waals surface area contributed by atoms with Crippen molar-refractivity contribution in [1.82, 2.24) is 4.90 Å². The van der Waals surface area contributed by atoms with Gasteiger partial charge in [-0.15, -0.1) is 0 Å². The van der Waals surface area contributed by atoms with E-state index in [-0.39, 0.29) is 12.5 Å². The summed E-state index contributed by atoms with van der Waals surface area (Å²) in [5.74, 6) is -0.212. The molecule has 1 saturated heterocycles. The molecule has 1 amide bonds. The number of hydrogen-bond donors (Lipinski definition) is 2. The van der Waals surface area contributed by atoms with Crippen LogP contribution in [-0.2, 0) is 4.79 Å². The fourth-order valence-electron chi connectivity index (χ4n) is 2.04. The van der Waals surface area contributed by atoms with Crippen molar-refractivity contribution in [3.8, 4) is 0 Å². The van der Waals surface area contributed by atoms with Crippen molar-refractivity contribution < 1.29 is 9.90 Å². The van der Waals surface area contributed by atoms with Crippen LogP contribution in [0.25, 0.3) is 0 Å². The van der Waals surface area contributed by atoms with Crippen molar-refractivity contribution in [2.75, 3.05) is 25.0 Å². The molecule has 0 unspecified atom stereocenters. The number of halogens is 3. The molecule has 2 N–H and O–H groups in total. The molecule has 0 atom stereocenters. The lowest BCUT2D eigenvalue weighted by atomic mass is 9.97. The molecule has 19 heavy (non-hydrogen) atoms. The zero-order valence-electron chi connectivity index (χ0n) is 10.2. The molecule has 1 aromatic rings. The summed E-state index contributed by atoms with van der Waals surface area (Å²) in [7, 11) is 0. The van der Waals surface area contributed by atoms with Gasteiger partial charge in [0.15, 0.2) is 0 Å². The van der Waals surface area contributed by atoms with Gasteiger partial charge in [-0.2, -0.15) is 0 Å². The average molecular weight is 324 g/mol. The number of amides is 1. The predicted octanol–water partition coefficient (Wildman–Crippen LogP) is 2.65. The van der Waals surface area contributed by atoms with E-state index in [1.54, 1.807) is 6.92 Å². The van der Waals surface area contributed by atoms with Gasteiger partial charge in [-0.05, 0) is 19.1 Å². The highest BCUT2D eigenvalue weighted by Crippen LogP contribution is 2.32. The molecule has 0 spiro atoms. The first-order chi connectivity index (χ1) is 8.77. The average Bonchev–Trinajstić information content (AvgIpc) is 2.23. The number of nitrogens with zero attached hydrogens (tertiary/aromatic N) is 1. The van der Waals surface area contributed by atoms with E-state index in [1.807, 2.05) is 4.90 Å². The minimum atomic E-state index is -0.693. The maximum absolute atomic E-state index is 11.8. The lowest BCUT2D eigenvalue weighted by Gasteiger charge is -2.43. The van der Waals surface area contributed by atoms with Gasteiger partial charge >= 0.3 is 0 Å². The Morgan fingerprint density at radius 3 is 2.47 bits per heavy atom. The molecule has 2 rings (SSSR count). The predicted molar refractivity (Wildman–Crippen MR) is 77.2 cm³/mol. The van der Waals surface area contributed by atoms with Crippen LogP contribution in [-0.4, -0.2) is 41.1 Å². The van der Waals surface area contributed by atoms with E-state index in [0.29, 0.717) is 33.8 Å². The van der Waals surface area contributed by atoms with Crippen LogP contribution in [0.3, 0.4) is 0 Å². The number of hydrogen-bond acceptors (Lipinski definition) is 3. The monoisotopic (exact) mass is 322 g/mol. The molecule has 7 heteroatoms. The normalized spacial score (nSPS) is 17.9. The second-order valence-corrected chi connectivity index (χ2v) is 6.16. The minimum Gasteiger partial charge on any atom is -0.388 e. The van der Waals surface area contributed by atoms with Gasteiger partial charge in [0.25, 0.3) is 0 Å². The third kappa shape index (κ3) is 3.74. The quantitative estimate of drug-likeness (QED) is 0.841. The maximum Gasteiger partial charge on any atom is 0.238 e. The highest BCUT2D eigenvalue weighted by atomic mass is 35.5. The Kier molecular flexibility index (Phi) is 4.28. The summed E-state index contributed by atoms with van der Waals surface area (Å²) in [4.78, 5) is 13.6. The first-order valence-electron chi connectivity index (χ1n) is 5.66. The van der Waals surface area contributed by atoms with Crippen molar-refractivity contribution in [3.05, 3.63) is 27.2 Å². The van der Waals surface area contributed by atoms with Crippen molar-refractivity contribution in [2.45, 2.75) is 12.5 Å². The summed E-state index contributed by atoms with van der Waals surface area (Å²) < 4.78 is 0. The van der Waals surface area contributed by atoms with E-state index in [1.165, 1.54) is 12.1 Å². The highest BCUT2D eigenvalue weighted by molar-refractivity contribution is 6.44. The Balaban J connectivity index is 1.94. The molecule has 1 aromatic carbocycles. The van der Waals surface area contributed by atoms with Crippen LogP contribution in [0.1, 0.15) is 6.92 Å². The first kappa shape index (κ1) is 14.9. The molecule has 0 aliphatic carbocycles. The first-order valence-corrected chi connectivity index (χ1v) is 6.79. The van der Waals surface area contributed by atoms with Gasteiger partial charge in [0.2, 0.25) is 5.91 Å². The Bertz CT molecular complexity index is 512. The zero-order chi connectivity index (χ0) is 14.2. The SMILES string of the molecule is CC1(O)CN(CC(=O)Nc2cc(Cl)c(Cl)cc2Cl)C1. The summed E-state index contributed by atoms with van der Waals surface area (Å²) in [5, 5.41) is 13.2. The summed E-state index contributed by atoms with van der Waals surface area (Å²) >= 11 is 17.6. The van der Waals surface area contributed by atoms with Gasteiger partial charge in [0.1, 0.15) is 0 Å². The van der Waals surface area contributed by atoms with E-state index in [2.05, 4.69) is 5.32 Å². The highest BCUT2D eigenvalue weighted by Gasteiger charge is 2.37. The standard InChI is InChI=1S/C12H13Cl3N2O2/c1-12(19)5-17(6-12)4-11(18)16-10-3-8(14)7(13)2-9(10)15/h2-3,19H,4-6H2,1H3,(H,16,18). The Hall–Kier alpha value is -0.520. The van der Waals surface area contributed by atoms with Crippen LogP contribution in [0.5, 0.6) is 0 Å². The van der Waals surface area contributed by atoms with E-state index in [9.17, 15) is 9.90 Å². The van der Waals surface area contributed by atoms with E-state index >= 15 is 0 Å². The van der Waals surface area contributed by atoms with Crippen molar-refractivity contribution >= 4 is 46.4 Å². The van der Waals surface area contributed by atoms with Crippen LogP contribution in [0.15, 0.2) is 12.1 Å². The Morgan fingerprint density at radius 1 is 1.32 bits per heavy atom. The Labute approximate surface area is 126 Å². The molecule has 4 nitrogen and oxygen atoms in total. The number of β-amino-alcohol motifs (C(OH)–C–C–N with tert-alkyl or cyclic N) is 1. The van der Waals surface area contributed by atoms with Gasteiger partial charge in [-0.25, -0.2) is 0 Å². The fraction of sp³-hybridized carbons (Fsp3) is 0.417. The van der Waals surface area contributed by atoms with Gasteiger partial charge in [0, 0.05) is 13.1 Å². The smallest absolute Gasteiger partial charge is 0.238 e. The topological polar surface area (TPSA) is 52.6 Å². The number of benzene rings is 1. The summed E-state index contributed by atoms with van der Waals surface area (Å²) in [6, 6.07) is 2.99. The summed E-state index contributed by atoms with van der Waals surface area (Å²) in [6.45, 7) is 2.90. The maximum atomic E-state index is 11.8. The molecule has 104 valence electrons. The lowest BCUT2D eigenvalue weighted by Crippen LogP contribution is -2.61. The third-order valence-electron chi connectivity index (χ3n) is 2.78. The van der Waals surface area contributed by atoms with Crippen LogP contribution >= 0.6 is 34.8 Å². The van der Waals surface area contributed by atoms with Crippen molar-refractivity contribution in [2.24, 2.45) is 0 Å². The van der Waals surface area contributed by atoms with Crippen LogP contribution in [0, 0.1) is 0 Å². The van der Waals surface area contributed by atoms with E-state index in [0.717, 1.165) is 0 Å². The van der Waals surface area contributed by atoms with Crippen LogP contribution < -0.4 is 5.32 Å². The molecule has 0 saturated carbocycles.